The summed E-state index contributed by atoms with van der Waals surface area (Å²) < 4.78 is 10.5. The fraction of sp³-hybridized carbons (Fsp3) is 0.800. The molecule has 2 aliphatic heterocycles. The van der Waals surface area contributed by atoms with E-state index in [0.29, 0.717) is 37.9 Å². The van der Waals surface area contributed by atoms with Crippen molar-refractivity contribution in [3.63, 3.8) is 0 Å². The average Bonchev–Trinajstić information content (AvgIpc) is 2.55. The summed E-state index contributed by atoms with van der Waals surface area (Å²) in [6.07, 6.45) is 1.77. The van der Waals surface area contributed by atoms with E-state index in [4.69, 9.17) is 9.47 Å². The Morgan fingerprint density at radius 2 is 1.73 bits per heavy atom. The van der Waals surface area contributed by atoms with Crippen molar-refractivity contribution in [3.8, 4) is 0 Å². The predicted octanol–water partition coefficient (Wildman–Crippen LogP) is 2.23. The van der Waals surface area contributed by atoms with Crippen molar-refractivity contribution < 1.29 is 19.1 Å². The van der Waals surface area contributed by atoms with Crippen LogP contribution in [0.25, 0.3) is 0 Å². The van der Waals surface area contributed by atoms with E-state index in [2.05, 4.69) is 38.3 Å². The molecule has 26 heavy (non-hydrogen) atoms. The number of hydrogen-bond acceptors (Lipinski definition) is 6. The standard InChI is InChI=1S/C10H19NO2.C10H17NO2/c2*1-7(2)11-10-4-5-13-6-9(10)8(3)12/h7,9-11H,4-6H2,1-3H3;7,11H,4-6H2,1-3H3/t9-,10-;/m1./s1. The molecular formula is C20H36N2O4. The molecule has 1 saturated heterocycles. The molecule has 2 aliphatic rings. The third-order valence-corrected chi connectivity index (χ3v) is 4.42. The van der Waals surface area contributed by atoms with Crippen LogP contribution in [0, 0.1) is 5.92 Å². The Morgan fingerprint density at radius 3 is 2.27 bits per heavy atom. The minimum atomic E-state index is 0.0520. The molecule has 1 fully saturated rings. The van der Waals surface area contributed by atoms with Gasteiger partial charge in [-0.3, -0.25) is 9.59 Å². The summed E-state index contributed by atoms with van der Waals surface area (Å²) in [6, 6.07) is 1.12. The Labute approximate surface area is 158 Å². The highest BCUT2D eigenvalue weighted by molar-refractivity contribution is 5.94. The second-order valence-corrected chi connectivity index (χ2v) is 7.62. The van der Waals surface area contributed by atoms with E-state index in [1.807, 2.05) is 0 Å². The highest BCUT2D eigenvalue weighted by Gasteiger charge is 2.29. The van der Waals surface area contributed by atoms with Crippen molar-refractivity contribution in [2.45, 2.75) is 72.5 Å². The lowest BCUT2D eigenvalue weighted by molar-refractivity contribution is -0.126. The average molecular weight is 369 g/mol. The summed E-state index contributed by atoms with van der Waals surface area (Å²) >= 11 is 0. The van der Waals surface area contributed by atoms with E-state index in [9.17, 15) is 9.59 Å². The second-order valence-electron chi connectivity index (χ2n) is 7.62. The van der Waals surface area contributed by atoms with Crippen LogP contribution in [0.3, 0.4) is 0 Å². The number of ketones is 2. The van der Waals surface area contributed by atoms with E-state index in [0.717, 1.165) is 30.7 Å². The third kappa shape index (κ3) is 7.98. The van der Waals surface area contributed by atoms with Gasteiger partial charge in [-0.05, 0) is 34.1 Å². The number of rotatable bonds is 6. The van der Waals surface area contributed by atoms with Crippen LogP contribution in [0.15, 0.2) is 11.3 Å². The first kappa shape index (κ1) is 22.8. The maximum absolute atomic E-state index is 11.3. The van der Waals surface area contributed by atoms with Gasteiger partial charge in [-0.15, -0.1) is 0 Å². The fourth-order valence-corrected chi connectivity index (χ4v) is 3.17. The molecule has 0 unspecified atom stereocenters. The fourth-order valence-electron chi connectivity index (χ4n) is 3.17. The van der Waals surface area contributed by atoms with Gasteiger partial charge < -0.3 is 20.1 Å². The van der Waals surface area contributed by atoms with Gasteiger partial charge in [-0.1, -0.05) is 13.8 Å². The molecule has 0 amide bonds. The molecule has 0 bridgehead atoms. The van der Waals surface area contributed by atoms with Crippen molar-refractivity contribution in [1.29, 1.82) is 0 Å². The smallest absolute Gasteiger partial charge is 0.159 e. The maximum Gasteiger partial charge on any atom is 0.159 e. The number of nitrogens with one attached hydrogen (secondary N) is 2. The summed E-state index contributed by atoms with van der Waals surface area (Å²) in [5, 5.41) is 6.70. The lowest BCUT2D eigenvalue weighted by Gasteiger charge is -2.32. The van der Waals surface area contributed by atoms with Crippen LogP contribution >= 0.6 is 0 Å². The first-order chi connectivity index (χ1) is 12.2. The van der Waals surface area contributed by atoms with E-state index in [1.165, 1.54) is 0 Å². The van der Waals surface area contributed by atoms with Crippen LogP contribution in [0.2, 0.25) is 0 Å². The molecule has 150 valence electrons. The minimum Gasteiger partial charge on any atom is -0.386 e. The van der Waals surface area contributed by atoms with Gasteiger partial charge >= 0.3 is 0 Å². The zero-order chi connectivity index (χ0) is 19.7. The lowest BCUT2D eigenvalue weighted by Crippen LogP contribution is -2.48. The molecule has 0 aromatic heterocycles. The SMILES string of the molecule is CC(=O)C1=C(NC(C)C)CCOC1.CC(=O)[C@H]1COCC[C@H]1NC(C)C. The molecule has 6 heteroatoms. The Bertz CT molecular complexity index is 500. The summed E-state index contributed by atoms with van der Waals surface area (Å²) in [5.41, 5.74) is 1.87. The molecule has 0 spiro atoms. The molecule has 0 radical (unpaired) electrons. The molecule has 2 atom stereocenters. The van der Waals surface area contributed by atoms with E-state index >= 15 is 0 Å². The van der Waals surface area contributed by atoms with Gasteiger partial charge in [-0.2, -0.15) is 0 Å². The molecule has 6 nitrogen and oxygen atoms in total. The van der Waals surface area contributed by atoms with Gasteiger partial charge in [-0.25, -0.2) is 0 Å². The summed E-state index contributed by atoms with van der Waals surface area (Å²) in [6.45, 7) is 14.1. The van der Waals surface area contributed by atoms with Gasteiger partial charge in [0.25, 0.3) is 0 Å². The Balaban J connectivity index is 0.000000260. The topological polar surface area (TPSA) is 76.7 Å². The quantitative estimate of drug-likeness (QED) is 0.749. The van der Waals surface area contributed by atoms with Crippen LogP contribution in [0.5, 0.6) is 0 Å². The molecule has 2 heterocycles. The van der Waals surface area contributed by atoms with Gasteiger partial charge in [0.1, 0.15) is 5.78 Å². The van der Waals surface area contributed by atoms with E-state index in [1.54, 1.807) is 13.8 Å². The summed E-state index contributed by atoms with van der Waals surface area (Å²) in [4.78, 5) is 22.5. The minimum absolute atomic E-state index is 0.0520. The molecule has 0 aromatic rings. The van der Waals surface area contributed by atoms with Crippen molar-refractivity contribution in [1.82, 2.24) is 10.6 Å². The zero-order valence-corrected chi connectivity index (χ0v) is 17.2. The van der Waals surface area contributed by atoms with Gasteiger partial charge in [0.15, 0.2) is 5.78 Å². The van der Waals surface area contributed by atoms with Crippen LogP contribution in [-0.2, 0) is 19.1 Å². The number of Topliss-reactive ketones (excluding diaryl/α,β-unsaturated/α-hetero) is 2. The van der Waals surface area contributed by atoms with Crippen LogP contribution in [0.1, 0.15) is 54.4 Å². The Kier molecular flexibility index (Phi) is 10.1. The van der Waals surface area contributed by atoms with Gasteiger partial charge in [0.05, 0.1) is 25.7 Å². The molecule has 2 N–H and O–H groups in total. The summed E-state index contributed by atoms with van der Waals surface area (Å²) in [5.74, 6) is 0.400. The maximum atomic E-state index is 11.3. The van der Waals surface area contributed by atoms with Crippen LogP contribution in [-0.4, -0.2) is 56.1 Å². The van der Waals surface area contributed by atoms with Crippen LogP contribution < -0.4 is 10.6 Å². The third-order valence-electron chi connectivity index (χ3n) is 4.42. The monoisotopic (exact) mass is 368 g/mol. The summed E-state index contributed by atoms with van der Waals surface area (Å²) in [7, 11) is 0. The Morgan fingerprint density at radius 1 is 1.04 bits per heavy atom. The first-order valence-electron chi connectivity index (χ1n) is 9.63. The zero-order valence-electron chi connectivity index (χ0n) is 17.2. The molecule has 0 aliphatic carbocycles. The largest absolute Gasteiger partial charge is 0.386 e. The van der Waals surface area contributed by atoms with Crippen LogP contribution in [0.4, 0.5) is 0 Å². The van der Waals surface area contributed by atoms with Gasteiger partial charge in [0, 0.05) is 42.4 Å². The highest BCUT2D eigenvalue weighted by atomic mass is 16.5. The van der Waals surface area contributed by atoms with Crippen molar-refractivity contribution in [3.05, 3.63) is 11.3 Å². The molecule has 0 saturated carbocycles. The van der Waals surface area contributed by atoms with Crippen molar-refractivity contribution >= 4 is 11.6 Å². The second kappa shape index (κ2) is 11.5. The highest BCUT2D eigenvalue weighted by Crippen LogP contribution is 2.16. The number of carbonyl (C=O) groups is 2. The lowest BCUT2D eigenvalue weighted by atomic mass is 9.92. The van der Waals surface area contributed by atoms with Crippen molar-refractivity contribution in [2.24, 2.45) is 5.92 Å². The number of carbonyl (C=O) groups excluding carboxylic acids is 2. The Hall–Kier alpha value is -1.24. The van der Waals surface area contributed by atoms with Crippen molar-refractivity contribution in [2.75, 3.05) is 26.4 Å². The normalized spacial score (nSPS) is 23.5. The number of ether oxygens (including phenoxy) is 2. The predicted molar refractivity (Wildman–Crippen MR) is 103 cm³/mol. The molecule has 0 aromatic carbocycles. The van der Waals surface area contributed by atoms with E-state index < -0.39 is 0 Å². The molecule has 2 rings (SSSR count). The first-order valence-corrected chi connectivity index (χ1v) is 9.63. The molecular weight excluding hydrogens is 332 g/mol. The van der Waals surface area contributed by atoms with Gasteiger partial charge in [0.2, 0.25) is 0 Å². The number of hydrogen-bond donors (Lipinski definition) is 2. The van der Waals surface area contributed by atoms with E-state index in [-0.39, 0.29) is 17.5 Å².